The van der Waals surface area contributed by atoms with Crippen LogP contribution in [0, 0.1) is 11.8 Å². The average molecular weight is 271 g/mol. The van der Waals surface area contributed by atoms with Crippen molar-refractivity contribution >= 4 is 5.97 Å². The molecule has 1 heterocycles. The minimum absolute atomic E-state index is 0.0107. The van der Waals surface area contributed by atoms with Gasteiger partial charge < -0.3 is 19.8 Å². The van der Waals surface area contributed by atoms with Crippen LogP contribution in [0.2, 0.25) is 0 Å². The van der Waals surface area contributed by atoms with Crippen molar-refractivity contribution in [1.82, 2.24) is 4.90 Å². The number of hydrogen-bond donors (Lipinski definition) is 2. The molecule has 0 atom stereocenters. The molecule has 0 unspecified atom stereocenters. The summed E-state index contributed by atoms with van der Waals surface area (Å²) in [6, 6.07) is 0. The summed E-state index contributed by atoms with van der Waals surface area (Å²) < 4.78 is 5.51. The fourth-order valence-corrected chi connectivity index (χ4v) is 2.49. The minimum Gasteiger partial charge on any atom is -0.459 e. The molecule has 0 spiro atoms. The SMILES string of the molecule is CC1(OC(=O)C2CCN(CC(CO)CO)CC2)CC1. The van der Waals surface area contributed by atoms with Crippen molar-refractivity contribution < 1.29 is 19.7 Å². The standard InChI is InChI=1S/C14H25NO4/c1-14(4-5-14)19-13(18)12-2-6-15(7-3-12)8-11(9-16)10-17/h11-12,16-17H,2-10H2,1H3. The van der Waals surface area contributed by atoms with Crippen LogP contribution in [0.3, 0.4) is 0 Å². The second kappa shape index (κ2) is 6.20. The topological polar surface area (TPSA) is 70.0 Å². The molecular weight excluding hydrogens is 246 g/mol. The lowest BCUT2D eigenvalue weighted by molar-refractivity contribution is -0.157. The van der Waals surface area contributed by atoms with Gasteiger partial charge in [0.1, 0.15) is 5.60 Å². The highest BCUT2D eigenvalue weighted by Crippen LogP contribution is 2.39. The Balaban J connectivity index is 1.71. The predicted molar refractivity (Wildman–Crippen MR) is 70.6 cm³/mol. The van der Waals surface area contributed by atoms with E-state index in [0.717, 1.165) is 38.8 Å². The lowest BCUT2D eigenvalue weighted by atomic mass is 9.96. The molecule has 0 bridgehead atoms. The molecule has 0 radical (unpaired) electrons. The highest BCUT2D eigenvalue weighted by molar-refractivity contribution is 5.73. The zero-order valence-corrected chi connectivity index (χ0v) is 11.7. The molecule has 1 saturated carbocycles. The van der Waals surface area contributed by atoms with Gasteiger partial charge >= 0.3 is 5.97 Å². The quantitative estimate of drug-likeness (QED) is 0.684. The summed E-state index contributed by atoms with van der Waals surface area (Å²) >= 11 is 0. The molecule has 110 valence electrons. The highest BCUT2D eigenvalue weighted by atomic mass is 16.6. The number of aliphatic hydroxyl groups excluding tert-OH is 2. The number of esters is 1. The predicted octanol–water partition coefficient (Wildman–Crippen LogP) is 0.395. The van der Waals surface area contributed by atoms with E-state index >= 15 is 0 Å². The molecule has 19 heavy (non-hydrogen) atoms. The van der Waals surface area contributed by atoms with Crippen molar-refractivity contribution in [3.63, 3.8) is 0 Å². The van der Waals surface area contributed by atoms with Crippen molar-refractivity contribution in [2.45, 2.75) is 38.2 Å². The number of carbonyl (C=O) groups excluding carboxylic acids is 1. The molecular formula is C14H25NO4. The van der Waals surface area contributed by atoms with Gasteiger partial charge in [0, 0.05) is 25.7 Å². The van der Waals surface area contributed by atoms with Gasteiger partial charge in [-0.15, -0.1) is 0 Å². The molecule has 2 rings (SSSR count). The third-order valence-corrected chi connectivity index (χ3v) is 4.25. The highest BCUT2D eigenvalue weighted by Gasteiger charge is 2.43. The van der Waals surface area contributed by atoms with Crippen molar-refractivity contribution in [3.05, 3.63) is 0 Å². The van der Waals surface area contributed by atoms with Gasteiger partial charge in [0.05, 0.1) is 5.92 Å². The van der Waals surface area contributed by atoms with Gasteiger partial charge in [-0.05, 0) is 45.7 Å². The van der Waals surface area contributed by atoms with Gasteiger partial charge in [-0.2, -0.15) is 0 Å². The number of hydrogen-bond acceptors (Lipinski definition) is 5. The number of ether oxygens (including phenoxy) is 1. The number of nitrogens with zero attached hydrogens (tertiary/aromatic N) is 1. The monoisotopic (exact) mass is 271 g/mol. The average Bonchev–Trinajstić information content (AvgIpc) is 3.14. The van der Waals surface area contributed by atoms with Crippen molar-refractivity contribution in [2.24, 2.45) is 11.8 Å². The van der Waals surface area contributed by atoms with Gasteiger partial charge in [-0.3, -0.25) is 4.79 Å². The van der Waals surface area contributed by atoms with E-state index < -0.39 is 0 Å². The molecule has 2 aliphatic rings. The third-order valence-electron chi connectivity index (χ3n) is 4.25. The van der Waals surface area contributed by atoms with E-state index in [1.54, 1.807) is 0 Å². The Hall–Kier alpha value is -0.650. The first-order valence-corrected chi connectivity index (χ1v) is 7.23. The zero-order chi connectivity index (χ0) is 13.9. The van der Waals surface area contributed by atoms with Crippen LogP contribution in [-0.2, 0) is 9.53 Å². The number of piperidine rings is 1. The second-order valence-corrected chi connectivity index (χ2v) is 6.18. The fraction of sp³-hybridized carbons (Fsp3) is 0.929. The molecule has 1 aliphatic heterocycles. The first-order chi connectivity index (χ1) is 9.06. The Morgan fingerprint density at radius 2 is 1.89 bits per heavy atom. The Bertz CT molecular complexity index is 305. The van der Waals surface area contributed by atoms with E-state index in [4.69, 9.17) is 14.9 Å². The van der Waals surface area contributed by atoms with Crippen LogP contribution >= 0.6 is 0 Å². The number of likely N-dealkylation sites (tertiary alicyclic amines) is 1. The molecule has 5 heteroatoms. The van der Waals surface area contributed by atoms with Gasteiger partial charge in [-0.1, -0.05) is 0 Å². The maximum Gasteiger partial charge on any atom is 0.309 e. The summed E-state index contributed by atoms with van der Waals surface area (Å²) in [5.74, 6) is -0.0928. The normalized spacial score (nSPS) is 23.6. The van der Waals surface area contributed by atoms with Crippen LogP contribution in [0.15, 0.2) is 0 Å². The van der Waals surface area contributed by atoms with Crippen molar-refractivity contribution in [3.8, 4) is 0 Å². The van der Waals surface area contributed by atoms with Gasteiger partial charge in [-0.25, -0.2) is 0 Å². The maximum atomic E-state index is 12.0. The van der Waals surface area contributed by atoms with Gasteiger partial charge in [0.25, 0.3) is 0 Å². The molecule has 5 nitrogen and oxygen atoms in total. The summed E-state index contributed by atoms with van der Waals surface area (Å²) in [5.41, 5.74) is -0.174. The van der Waals surface area contributed by atoms with E-state index in [1.807, 2.05) is 6.92 Å². The number of aliphatic hydroxyl groups is 2. The molecule has 0 aromatic heterocycles. The first-order valence-electron chi connectivity index (χ1n) is 7.23. The lowest BCUT2D eigenvalue weighted by Crippen LogP contribution is -2.41. The van der Waals surface area contributed by atoms with Crippen LogP contribution in [0.1, 0.15) is 32.6 Å². The summed E-state index contributed by atoms with van der Waals surface area (Å²) in [5, 5.41) is 18.1. The molecule has 0 aromatic carbocycles. The second-order valence-electron chi connectivity index (χ2n) is 6.18. The fourth-order valence-electron chi connectivity index (χ4n) is 2.49. The summed E-state index contributed by atoms with van der Waals surface area (Å²) in [4.78, 5) is 14.2. The Kier molecular flexibility index (Phi) is 4.81. The molecule has 1 aliphatic carbocycles. The van der Waals surface area contributed by atoms with Crippen LogP contribution < -0.4 is 0 Å². The zero-order valence-electron chi connectivity index (χ0n) is 11.7. The molecule has 2 fully saturated rings. The van der Waals surface area contributed by atoms with E-state index in [9.17, 15) is 4.79 Å². The van der Waals surface area contributed by atoms with Crippen LogP contribution in [0.4, 0.5) is 0 Å². The smallest absolute Gasteiger partial charge is 0.309 e. The summed E-state index contributed by atoms with van der Waals surface area (Å²) in [7, 11) is 0. The number of carbonyl (C=O) groups is 1. The van der Waals surface area contributed by atoms with E-state index in [0.29, 0.717) is 6.54 Å². The van der Waals surface area contributed by atoms with Crippen LogP contribution in [0.5, 0.6) is 0 Å². The summed E-state index contributed by atoms with van der Waals surface area (Å²) in [6.07, 6.45) is 3.62. The van der Waals surface area contributed by atoms with E-state index in [1.165, 1.54) is 0 Å². The molecule has 2 N–H and O–H groups in total. The lowest BCUT2D eigenvalue weighted by Gasteiger charge is -2.33. The maximum absolute atomic E-state index is 12.0. The van der Waals surface area contributed by atoms with E-state index in [2.05, 4.69) is 4.90 Å². The van der Waals surface area contributed by atoms with Crippen molar-refractivity contribution in [2.75, 3.05) is 32.8 Å². The van der Waals surface area contributed by atoms with Crippen LogP contribution in [-0.4, -0.2) is 59.5 Å². The Morgan fingerprint density at radius 1 is 1.32 bits per heavy atom. The number of rotatable bonds is 6. The Labute approximate surface area is 114 Å². The van der Waals surface area contributed by atoms with Crippen LogP contribution in [0.25, 0.3) is 0 Å². The minimum atomic E-state index is -0.174. The van der Waals surface area contributed by atoms with Crippen molar-refractivity contribution in [1.29, 1.82) is 0 Å². The largest absolute Gasteiger partial charge is 0.459 e. The molecule has 0 amide bonds. The molecule has 1 saturated heterocycles. The van der Waals surface area contributed by atoms with Gasteiger partial charge in [0.15, 0.2) is 0 Å². The molecule has 0 aromatic rings. The summed E-state index contributed by atoms with van der Waals surface area (Å²) in [6.45, 7) is 4.40. The Morgan fingerprint density at radius 3 is 2.37 bits per heavy atom. The van der Waals surface area contributed by atoms with E-state index in [-0.39, 0.29) is 36.6 Å². The van der Waals surface area contributed by atoms with Gasteiger partial charge in [0.2, 0.25) is 0 Å². The first kappa shape index (κ1) is 14.8. The third kappa shape index (κ3) is 4.16.